The summed E-state index contributed by atoms with van der Waals surface area (Å²) in [4.78, 5) is 3.91. The number of hydrogen-bond donors (Lipinski definition) is 0. The topological polar surface area (TPSA) is 63.7 Å². The Morgan fingerprint density at radius 1 is 1.33 bits per heavy atom. The molecule has 0 unspecified atom stereocenters. The fourth-order valence-corrected chi connectivity index (χ4v) is 1.12. The molecule has 5 nitrogen and oxygen atoms in total. The molecule has 0 aliphatic carbocycles. The van der Waals surface area contributed by atoms with E-state index in [1.807, 2.05) is 36.4 Å². The van der Waals surface area contributed by atoms with Gasteiger partial charge in [0.2, 0.25) is 0 Å². The lowest BCUT2D eigenvalue weighted by molar-refractivity contribution is 0.338. The monoisotopic (exact) mass is 200 g/mol. The van der Waals surface area contributed by atoms with Gasteiger partial charge in [-0.3, -0.25) is 0 Å². The molecule has 0 fully saturated rings. The molecule has 0 saturated heterocycles. The highest BCUT2D eigenvalue weighted by Crippen LogP contribution is 2.07. The minimum atomic E-state index is -0.0429. The van der Waals surface area contributed by atoms with Crippen LogP contribution in [0.4, 0.5) is 0 Å². The fraction of sp³-hybridized carbons (Fsp3) is 0.100. The van der Waals surface area contributed by atoms with Crippen molar-refractivity contribution < 1.29 is 4.74 Å². The molecule has 0 aliphatic rings. The first-order valence-electron chi connectivity index (χ1n) is 4.37. The van der Waals surface area contributed by atoms with Crippen molar-refractivity contribution in [2.24, 2.45) is 0 Å². The van der Waals surface area contributed by atoms with Crippen LogP contribution in [-0.4, -0.2) is 21.4 Å². The van der Waals surface area contributed by atoms with Crippen LogP contribution in [-0.2, 0) is 0 Å². The molecule has 2 rings (SSSR count). The van der Waals surface area contributed by atoms with E-state index in [0.29, 0.717) is 0 Å². The van der Waals surface area contributed by atoms with Gasteiger partial charge in [-0.05, 0) is 12.1 Å². The molecular formula is C10H8N4O. The quantitative estimate of drug-likeness (QED) is 0.746. The molecule has 1 aromatic carbocycles. The molecule has 0 spiro atoms. The number of ether oxygens (including phenoxy) is 1. The van der Waals surface area contributed by atoms with Crippen molar-refractivity contribution in [2.75, 3.05) is 6.61 Å². The van der Waals surface area contributed by atoms with Crippen LogP contribution in [0.15, 0.2) is 36.7 Å². The normalized spacial score (nSPS) is 9.53. The summed E-state index contributed by atoms with van der Waals surface area (Å²) in [7, 11) is 0. The smallest absolute Gasteiger partial charge is 0.336 e. The highest BCUT2D eigenvalue weighted by molar-refractivity contribution is 5.29. The molecule has 2 aromatic rings. The Labute approximate surface area is 86.6 Å². The molecular weight excluding hydrogens is 192 g/mol. The second-order valence-corrected chi connectivity index (χ2v) is 2.75. The van der Waals surface area contributed by atoms with Crippen LogP contribution in [0.25, 0.3) is 5.69 Å². The van der Waals surface area contributed by atoms with Gasteiger partial charge in [-0.15, -0.1) is 5.10 Å². The van der Waals surface area contributed by atoms with E-state index >= 15 is 0 Å². The van der Waals surface area contributed by atoms with E-state index < -0.39 is 0 Å². The Morgan fingerprint density at radius 2 is 2.13 bits per heavy atom. The molecule has 1 aromatic heterocycles. The van der Waals surface area contributed by atoms with Crippen LogP contribution in [0, 0.1) is 11.3 Å². The van der Waals surface area contributed by atoms with E-state index in [4.69, 9.17) is 10.00 Å². The fourth-order valence-electron chi connectivity index (χ4n) is 1.12. The molecule has 1 heterocycles. The number of benzene rings is 1. The SMILES string of the molecule is N#CCOc1ncn(-c2ccccc2)n1. The van der Waals surface area contributed by atoms with Gasteiger partial charge in [0.1, 0.15) is 12.4 Å². The van der Waals surface area contributed by atoms with Crippen molar-refractivity contribution in [2.45, 2.75) is 0 Å². The number of aromatic nitrogens is 3. The van der Waals surface area contributed by atoms with Crippen molar-refractivity contribution in [3.05, 3.63) is 36.7 Å². The summed E-state index contributed by atoms with van der Waals surface area (Å²) in [6.07, 6.45) is 1.54. The number of para-hydroxylation sites is 1. The molecule has 0 atom stereocenters. The van der Waals surface area contributed by atoms with E-state index in [9.17, 15) is 0 Å². The highest BCUT2D eigenvalue weighted by atomic mass is 16.5. The maximum atomic E-state index is 8.31. The largest absolute Gasteiger partial charge is 0.447 e. The zero-order chi connectivity index (χ0) is 10.5. The Kier molecular flexibility index (Phi) is 2.61. The van der Waals surface area contributed by atoms with Crippen molar-refractivity contribution in [1.82, 2.24) is 14.8 Å². The number of rotatable bonds is 3. The Hall–Kier alpha value is -2.35. The molecule has 0 amide bonds. The van der Waals surface area contributed by atoms with Crippen molar-refractivity contribution in [3.8, 4) is 17.8 Å². The maximum absolute atomic E-state index is 8.31. The molecule has 0 saturated carbocycles. The molecule has 0 bridgehead atoms. The average molecular weight is 200 g/mol. The number of nitrogens with zero attached hydrogens (tertiary/aromatic N) is 4. The summed E-state index contributed by atoms with van der Waals surface area (Å²) in [5, 5.41) is 12.4. The average Bonchev–Trinajstić information content (AvgIpc) is 2.76. The highest BCUT2D eigenvalue weighted by Gasteiger charge is 2.02. The standard InChI is InChI=1S/C10H8N4O/c11-6-7-15-10-12-8-14(13-10)9-4-2-1-3-5-9/h1-5,8H,7H2. The number of nitriles is 1. The van der Waals surface area contributed by atoms with E-state index in [0.717, 1.165) is 5.69 Å². The van der Waals surface area contributed by atoms with Crippen LogP contribution in [0.2, 0.25) is 0 Å². The molecule has 74 valence electrons. The van der Waals surface area contributed by atoms with E-state index in [1.165, 1.54) is 0 Å². The molecule has 0 aliphatic heterocycles. The predicted octanol–water partition coefficient (Wildman–Crippen LogP) is 1.17. The van der Waals surface area contributed by atoms with Gasteiger partial charge < -0.3 is 4.74 Å². The maximum Gasteiger partial charge on any atom is 0.336 e. The zero-order valence-corrected chi connectivity index (χ0v) is 7.87. The second kappa shape index (κ2) is 4.24. The summed E-state index contributed by atoms with van der Waals surface area (Å²) in [5.74, 6) is 0. The van der Waals surface area contributed by atoms with E-state index in [-0.39, 0.29) is 12.6 Å². The van der Waals surface area contributed by atoms with Crippen LogP contribution >= 0.6 is 0 Å². The van der Waals surface area contributed by atoms with E-state index in [2.05, 4.69) is 10.1 Å². The molecule has 0 radical (unpaired) electrons. The molecule has 0 N–H and O–H groups in total. The van der Waals surface area contributed by atoms with Gasteiger partial charge in [-0.1, -0.05) is 18.2 Å². The van der Waals surface area contributed by atoms with Crippen LogP contribution < -0.4 is 4.74 Å². The Bertz CT molecular complexity index is 472. The van der Waals surface area contributed by atoms with Crippen molar-refractivity contribution in [3.63, 3.8) is 0 Å². The molecule has 15 heavy (non-hydrogen) atoms. The third kappa shape index (κ3) is 2.11. The molecule has 5 heteroatoms. The lowest BCUT2D eigenvalue weighted by Crippen LogP contribution is -1.97. The van der Waals surface area contributed by atoms with Gasteiger partial charge in [0.25, 0.3) is 0 Å². The van der Waals surface area contributed by atoms with Crippen LogP contribution in [0.1, 0.15) is 0 Å². The summed E-state index contributed by atoms with van der Waals surface area (Å²) < 4.78 is 6.54. The summed E-state index contributed by atoms with van der Waals surface area (Å²) in [6, 6.07) is 11.6. The lowest BCUT2D eigenvalue weighted by Gasteiger charge is -1.97. The second-order valence-electron chi connectivity index (χ2n) is 2.75. The van der Waals surface area contributed by atoms with Gasteiger partial charge in [-0.25, -0.2) is 4.68 Å². The van der Waals surface area contributed by atoms with E-state index in [1.54, 1.807) is 11.0 Å². The van der Waals surface area contributed by atoms with Gasteiger partial charge in [0.05, 0.1) is 5.69 Å². The first-order valence-corrected chi connectivity index (χ1v) is 4.37. The van der Waals surface area contributed by atoms with Crippen molar-refractivity contribution >= 4 is 0 Å². The lowest BCUT2D eigenvalue weighted by atomic mass is 10.3. The van der Waals surface area contributed by atoms with Gasteiger partial charge in [-0.2, -0.15) is 10.2 Å². The number of hydrogen-bond acceptors (Lipinski definition) is 4. The van der Waals surface area contributed by atoms with Gasteiger partial charge in [0, 0.05) is 0 Å². The third-order valence-electron chi connectivity index (χ3n) is 1.76. The van der Waals surface area contributed by atoms with Gasteiger partial charge in [0.15, 0.2) is 6.61 Å². The van der Waals surface area contributed by atoms with Crippen LogP contribution in [0.5, 0.6) is 6.01 Å². The first-order chi connectivity index (χ1) is 7.40. The zero-order valence-electron chi connectivity index (χ0n) is 7.87. The summed E-state index contributed by atoms with van der Waals surface area (Å²) >= 11 is 0. The third-order valence-corrected chi connectivity index (χ3v) is 1.76. The summed E-state index contributed by atoms with van der Waals surface area (Å²) in [6.45, 7) is -0.0429. The van der Waals surface area contributed by atoms with Crippen LogP contribution in [0.3, 0.4) is 0 Å². The first kappa shape index (κ1) is 9.21. The summed E-state index contributed by atoms with van der Waals surface area (Å²) in [5.41, 5.74) is 0.900. The van der Waals surface area contributed by atoms with Crippen molar-refractivity contribution in [1.29, 1.82) is 5.26 Å². The Morgan fingerprint density at radius 3 is 2.87 bits per heavy atom. The van der Waals surface area contributed by atoms with Gasteiger partial charge >= 0.3 is 6.01 Å². The minimum absolute atomic E-state index is 0.0429. The predicted molar refractivity (Wildman–Crippen MR) is 52.5 cm³/mol. The minimum Gasteiger partial charge on any atom is -0.447 e. The Balaban J connectivity index is 2.18.